The van der Waals surface area contributed by atoms with E-state index in [-0.39, 0.29) is 23.0 Å². The SMILES string of the molecule is O=C(N[C@@H](Cc1ccccc1)C(=O)Nc1ccc(S(=O)(=O)Nc2ncccn2)cc1)c1ccco1. The minimum Gasteiger partial charge on any atom is -0.459 e. The minimum atomic E-state index is -3.91. The van der Waals surface area contributed by atoms with Gasteiger partial charge >= 0.3 is 0 Å². The Labute approximate surface area is 201 Å². The average molecular weight is 492 g/mol. The third-order valence-electron chi connectivity index (χ3n) is 4.87. The average Bonchev–Trinajstić information content (AvgIpc) is 3.40. The summed E-state index contributed by atoms with van der Waals surface area (Å²) in [6.45, 7) is 0. The van der Waals surface area contributed by atoms with E-state index in [1.165, 1.54) is 49.0 Å². The highest BCUT2D eigenvalue weighted by molar-refractivity contribution is 7.92. The highest BCUT2D eigenvalue weighted by Gasteiger charge is 2.23. The van der Waals surface area contributed by atoms with E-state index >= 15 is 0 Å². The second kappa shape index (κ2) is 10.6. The standard InChI is InChI=1S/C24H21N5O5S/c30-22(20(16-17-6-2-1-3-7-17)28-23(31)21-8-4-15-34-21)27-18-9-11-19(12-10-18)35(32,33)29-24-25-13-5-14-26-24/h1-15,20H,16H2,(H,27,30)(H,28,31)(H,25,26,29)/t20-/m0/s1. The van der Waals surface area contributed by atoms with Crippen LogP contribution in [-0.4, -0.2) is 36.2 Å². The zero-order chi connectivity index (χ0) is 24.7. The van der Waals surface area contributed by atoms with Gasteiger partial charge < -0.3 is 15.1 Å². The fourth-order valence-electron chi connectivity index (χ4n) is 3.17. The first-order valence-corrected chi connectivity index (χ1v) is 12.0. The van der Waals surface area contributed by atoms with Gasteiger partial charge in [-0.3, -0.25) is 9.59 Å². The Morgan fingerprint density at radius 2 is 1.60 bits per heavy atom. The molecule has 35 heavy (non-hydrogen) atoms. The summed E-state index contributed by atoms with van der Waals surface area (Å²) in [6, 6.07) is 18.6. The van der Waals surface area contributed by atoms with Crippen LogP contribution in [0.15, 0.2) is 101 Å². The highest BCUT2D eigenvalue weighted by Crippen LogP contribution is 2.17. The molecule has 0 aliphatic carbocycles. The number of hydrogen-bond donors (Lipinski definition) is 3. The molecule has 10 nitrogen and oxygen atoms in total. The van der Waals surface area contributed by atoms with Gasteiger partial charge in [-0.25, -0.2) is 23.1 Å². The first-order chi connectivity index (χ1) is 16.9. The molecule has 1 atom stereocenters. The number of nitrogens with zero attached hydrogens (tertiary/aromatic N) is 2. The lowest BCUT2D eigenvalue weighted by Gasteiger charge is -2.18. The van der Waals surface area contributed by atoms with Gasteiger partial charge in [0.15, 0.2) is 5.76 Å². The van der Waals surface area contributed by atoms with Crippen LogP contribution in [0.3, 0.4) is 0 Å². The lowest BCUT2D eigenvalue weighted by Crippen LogP contribution is -2.45. The summed E-state index contributed by atoms with van der Waals surface area (Å²) in [5.41, 5.74) is 1.21. The first-order valence-electron chi connectivity index (χ1n) is 10.5. The largest absolute Gasteiger partial charge is 0.459 e. The fraction of sp³-hybridized carbons (Fsp3) is 0.0833. The predicted molar refractivity (Wildman–Crippen MR) is 128 cm³/mol. The number of furan rings is 1. The van der Waals surface area contributed by atoms with Crippen LogP contribution in [0, 0.1) is 0 Å². The van der Waals surface area contributed by atoms with Crippen molar-refractivity contribution in [3.63, 3.8) is 0 Å². The van der Waals surface area contributed by atoms with Crippen LogP contribution in [-0.2, 0) is 21.2 Å². The Morgan fingerprint density at radius 3 is 2.26 bits per heavy atom. The molecule has 0 radical (unpaired) electrons. The number of aromatic nitrogens is 2. The van der Waals surface area contributed by atoms with Gasteiger partial charge in [0.25, 0.3) is 15.9 Å². The number of benzene rings is 2. The highest BCUT2D eigenvalue weighted by atomic mass is 32.2. The molecule has 0 spiro atoms. The van der Waals surface area contributed by atoms with Crippen LogP contribution in [0.4, 0.5) is 11.6 Å². The Morgan fingerprint density at radius 1 is 0.886 bits per heavy atom. The molecule has 4 aromatic rings. The van der Waals surface area contributed by atoms with Gasteiger partial charge in [-0.15, -0.1) is 0 Å². The van der Waals surface area contributed by atoms with Gasteiger partial charge in [-0.1, -0.05) is 30.3 Å². The first kappa shape index (κ1) is 23.6. The molecular weight excluding hydrogens is 470 g/mol. The maximum absolute atomic E-state index is 13.0. The van der Waals surface area contributed by atoms with Crippen LogP contribution in [0.2, 0.25) is 0 Å². The van der Waals surface area contributed by atoms with Gasteiger partial charge in [0.2, 0.25) is 11.9 Å². The van der Waals surface area contributed by atoms with Crippen LogP contribution in [0.1, 0.15) is 16.1 Å². The maximum atomic E-state index is 13.0. The van der Waals surface area contributed by atoms with Gasteiger partial charge in [-0.05, 0) is 48.0 Å². The van der Waals surface area contributed by atoms with Crippen molar-refractivity contribution in [2.24, 2.45) is 0 Å². The van der Waals surface area contributed by atoms with Crippen LogP contribution in [0.5, 0.6) is 0 Å². The number of anilines is 2. The monoisotopic (exact) mass is 491 g/mol. The fourth-order valence-corrected chi connectivity index (χ4v) is 4.13. The number of carbonyl (C=O) groups excluding carboxylic acids is 2. The van der Waals surface area contributed by atoms with Crippen molar-refractivity contribution in [1.82, 2.24) is 15.3 Å². The lowest BCUT2D eigenvalue weighted by molar-refractivity contribution is -0.118. The second-order valence-electron chi connectivity index (χ2n) is 7.38. The molecule has 11 heteroatoms. The van der Waals surface area contributed by atoms with Gasteiger partial charge in [0.1, 0.15) is 6.04 Å². The van der Waals surface area contributed by atoms with Crippen molar-refractivity contribution >= 4 is 33.5 Å². The molecule has 2 heterocycles. The molecule has 3 N–H and O–H groups in total. The summed E-state index contributed by atoms with van der Waals surface area (Å²) >= 11 is 0. The van der Waals surface area contributed by atoms with E-state index in [2.05, 4.69) is 25.3 Å². The van der Waals surface area contributed by atoms with Crippen molar-refractivity contribution < 1.29 is 22.4 Å². The summed E-state index contributed by atoms with van der Waals surface area (Å²) in [4.78, 5) is 33.2. The zero-order valence-corrected chi connectivity index (χ0v) is 19.1. The molecular formula is C24H21N5O5S. The molecule has 0 bridgehead atoms. The number of rotatable bonds is 9. The lowest BCUT2D eigenvalue weighted by atomic mass is 10.0. The summed E-state index contributed by atoms with van der Waals surface area (Å²) in [5, 5.41) is 5.40. The number of amides is 2. The molecule has 0 aliphatic heterocycles. The Kier molecular flexibility index (Phi) is 7.17. The normalized spacial score (nSPS) is 11.9. The third kappa shape index (κ3) is 6.30. The maximum Gasteiger partial charge on any atom is 0.287 e. The van der Waals surface area contributed by atoms with E-state index in [1.807, 2.05) is 30.3 Å². The number of hydrogen-bond acceptors (Lipinski definition) is 7. The topological polar surface area (TPSA) is 143 Å². The van der Waals surface area contributed by atoms with Crippen molar-refractivity contribution in [2.75, 3.05) is 10.0 Å². The van der Waals surface area contributed by atoms with Gasteiger partial charge in [0.05, 0.1) is 11.2 Å². The molecule has 178 valence electrons. The predicted octanol–water partition coefficient (Wildman–Crippen LogP) is 2.85. The molecule has 4 rings (SSSR count). The smallest absolute Gasteiger partial charge is 0.287 e. The summed E-state index contributed by atoms with van der Waals surface area (Å²) in [7, 11) is -3.91. The quantitative estimate of drug-likeness (QED) is 0.327. The molecule has 0 fully saturated rings. The number of nitrogens with one attached hydrogen (secondary N) is 3. The third-order valence-corrected chi connectivity index (χ3v) is 6.22. The van der Waals surface area contributed by atoms with Crippen LogP contribution >= 0.6 is 0 Å². The van der Waals surface area contributed by atoms with E-state index in [0.29, 0.717) is 5.69 Å². The van der Waals surface area contributed by atoms with E-state index in [4.69, 9.17) is 4.42 Å². The summed E-state index contributed by atoms with van der Waals surface area (Å²) < 4.78 is 32.5. The molecule has 2 amide bonds. The van der Waals surface area contributed by atoms with E-state index in [0.717, 1.165) is 5.56 Å². The van der Waals surface area contributed by atoms with Crippen molar-refractivity contribution in [3.8, 4) is 0 Å². The van der Waals surface area contributed by atoms with E-state index < -0.39 is 27.9 Å². The van der Waals surface area contributed by atoms with Crippen molar-refractivity contribution in [1.29, 1.82) is 0 Å². The van der Waals surface area contributed by atoms with E-state index in [1.54, 1.807) is 12.1 Å². The Hall–Kier alpha value is -4.51. The second-order valence-corrected chi connectivity index (χ2v) is 9.07. The van der Waals surface area contributed by atoms with Crippen molar-refractivity contribution in [3.05, 3.63) is 103 Å². The summed E-state index contributed by atoms with van der Waals surface area (Å²) in [5.74, 6) is -0.969. The van der Waals surface area contributed by atoms with Crippen LogP contribution in [0.25, 0.3) is 0 Å². The summed E-state index contributed by atoms with van der Waals surface area (Å²) in [6.07, 6.45) is 4.45. The van der Waals surface area contributed by atoms with Crippen molar-refractivity contribution in [2.45, 2.75) is 17.4 Å². The van der Waals surface area contributed by atoms with Gasteiger partial charge in [0, 0.05) is 24.5 Å². The van der Waals surface area contributed by atoms with Gasteiger partial charge in [-0.2, -0.15) is 0 Å². The minimum absolute atomic E-state index is 0.0325. The molecule has 0 aliphatic rings. The number of carbonyl (C=O) groups is 2. The Bertz CT molecular complexity index is 1380. The molecule has 2 aromatic heterocycles. The Balaban J connectivity index is 1.47. The zero-order valence-electron chi connectivity index (χ0n) is 18.3. The molecule has 0 saturated heterocycles. The molecule has 2 aromatic carbocycles. The van der Waals surface area contributed by atoms with E-state index in [9.17, 15) is 18.0 Å². The van der Waals surface area contributed by atoms with Crippen LogP contribution < -0.4 is 15.4 Å². The number of sulfonamides is 1. The molecule has 0 saturated carbocycles. The molecule has 0 unspecified atom stereocenters.